The van der Waals surface area contributed by atoms with Crippen LogP contribution in [0.25, 0.3) is 0 Å². The van der Waals surface area contributed by atoms with Crippen molar-refractivity contribution in [1.82, 2.24) is 9.88 Å². The Bertz CT molecular complexity index is 298. The SMILES string of the molecule is O=c1sccn1C[C@H]1CCCN1. The van der Waals surface area contributed by atoms with Crippen molar-refractivity contribution in [2.45, 2.75) is 25.4 Å². The molecule has 0 unspecified atom stereocenters. The Balaban J connectivity index is 2.03. The lowest BCUT2D eigenvalue weighted by Crippen LogP contribution is -2.29. The van der Waals surface area contributed by atoms with Crippen LogP contribution in [0.1, 0.15) is 12.8 Å². The fourth-order valence-corrected chi connectivity index (χ4v) is 2.17. The third-order valence-electron chi connectivity index (χ3n) is 2.22. The van der Waals surface area contributed by atoms with Crippen LogP contribution in [0.15, 0.2) is 16.4 Å². The van der Waals surface area contributed by atoms with Crippen LogP contribution in [-0.4, -0.2) is 17.2 Å². The van der Waals surface area contributed by atoms with E-state index in [1.54, 1.807) is 4.57 Å². The third-order valence-corrected chi connectivity index (χ3v) is 2.92. The van der Waals surface area contributed by atoms with Crippen molar-refractivity contribution in [1.29, 1.82) is 0 Å². The minimum absolute atomic E-state index is 0.156. The quantitative estimate of drug-likeness (QED) is 0.732. The molecule has 1 aromatic heterocycles. The highest BCUT2D eigenvalue weighted by atomic mass is 32.1. The first-order valence-electron chi connectivity index (χ1n) is 4.23. The zero-order valence-corrected chi connectivity index (χ0v) is 7.64. The maximum Gasteiger partial charge on any atom is 0.307 e. The van der Waals surface area contributed by atoms with Crippen LogP contribution < -0.4 is 10.2 Å². The average molecular weight is 184 g/mol. The van der Waals surface area contributed by atoms with E-state index in [-0.39, 0.29) is 4.87 Å². The lowest BCUT2D eigenvalue weighted by atomic mass is 10.2. The summed E-state index contributed by atoms with van der Waals surface area (Å²) in [6.45, 7) is 1.94. The van der Waals surface area contributed by atoms with Gasteiger partial charge in [-0.3, -0.25) is 4.79 Å². The fraction of sp³-hybridized carbons (Fsp3) is 0.625. The molecule has 66 valence electrons. The van der Waals surface area contributed by atoms with Gasteiger partial charge < -0.3 is 9.88 Å². The Labute approximate surface area is 75.0 Å². The summed E-state index contributed by atoms with van der Waals surface area (Å²) in [5.41, 5.74) is 0. The average Bonchev–Trinajstić information content (AvgIpc) is 2.65. The molecule has 2 heterocycles. The third kappa shape index (κ3) is 1.59. The van der Waals surface area contributed by atoms with E-state index >= 15 is 0 Å². The molecule has 4 heteroatoms. The van der Waals surface area contributed by atoms with Gasteiger partial charge in [0.15, 0.2) is 0 Å². The van der Waals surface area contributed by atoms with Gasteiger partial charge in [0.1, 0.15) is 0 Å². The van der Waals surface area contributed by atoms with E-state index < -0.39 is 0 Å². The Morgan fingerprint density at radius 2 is 2.67 bits per heavy atom. The van der Waals surface area contributed by atoms with Crippen molar-refractivity contribution < 1.29 is 0 Å². The predicted octanol–water partition coefficient (Wildman–Crippen LogP) is 0.662. The number of aromatic nitrogens is 1. The summed E-state index contributed by atoms with van der Waals surface area (Å²) in [6, 6.07) is 0.511. The van der Waals surface area contributed by atoms with Crippen LogP contribution in [-0.2, 0) is 6.54 Å². The zero-order chi connectivity index (χ0) is 8.39. The smallest absolute Gasteiger partial charge is 0.307 e. The molecule has 1 aliphatic rings. The Morgan fingerprint density at radius 3 is 3.25 bits per heavy atom. The van der Waals surface area contributed by atoms with Crippen LogP contribution in [0.2, 0.25) is 0 Å². The van der Waals surface area contributed by atoms with Gasteiger partial charge in [0.25, 0.3) is 0 Å². The predicted molar refractivity (Wildman–Crippen MR) is 49.6 cm³/mol. The van der Waals surface area contributed by atoms with Gasteiger partial charge in [0.05, 0.1) is 0 Å². The Hall–Kier alpha value is -0.610. The molecule has 0 aromatic carbocycles. The van der Waals surface area contributed by atoms with Gasteiger partial charge in [-0.05, 0) is 19.4 Å². The molecule has 0 bridgehead atoms. The van der Waals surface area contributed by atoms with Gasteiger partial charge in [-0.25, -0.2) is 0 Å². The summed E-state index contributed by atoms with van der Waals surface area (Å²) in [5, 5.41) is 5.21. The van der Waals surface area contributed by atoms with Gasteiger partial charge in [-0.1, -0.05) is 11.3 Å². The molecular formula is C8H12N2OS. The van der Waals surface area contributed by atoms with E-state index in [1.165, 1.54) is 24.2 Å². The molecule has 12 heavy (non-hydrogen) atoms. The highest BCUT2D eigenvalue weighted by Gasteiger charge is 2.14. The van der Waals surface area contributed by atoms with E-state index in [9.17, 15) is 4.79 Å². The van der Waals surface area contributed by atoms with Gasteiger partial charge in [-0.2, -0.15) is 0 Å². The minimum atomic E-state index is 0.156. The molecule has 0 saturated carbocycles. The summed E-state index contributed by atoms with van der Waals surface area (Å²) in [7, 11) is 0. The second-order valence-electron chi connectivity index (χ2n) is 3.11. The number of thiazole rings is 1. The number of nitrogens with zero attached hydrogens (tertiary/aromatic N) is 1. The molecule has 0 amide bonds. The van der Waals surface area contributed by atoms with E-state index in [4.69, 9.17) is 0 Å². The molecule has 0 spiro atoms. The van der Waals surface area contributed by atoms with Crippen molar-refractivity contribution in [2.75, 3.05) is 6.54 Å². The van der Waals surface area contributed by atoms with Crippen molar-refractivity contribution >= 4 is 11.3 Å². The maximum absolute atomic E-state index is 11.2. The van der Waals surface area contributed by atoms with Gasteiger partial charge in [-0.15, -0.1) is 0 Å². The first-order valence-corrected chi connectivity index (χ1v) is 5.11. The second-order valence-corrected chi connectivity index (χ2v) is 3.97. The number of hydrogen-bond acceptors (Lipinski definition) is 3. The van der Waals surface area contributed by atoms with Crippen LogP contribution in [0.3, 0.4) is 0 Å². The standard InChI is InChI=1S/C8H12N2OS/c11-8-10(4-5-12-8)6-7-2-1-3-9-7/h4-5,7,9H,1-3,6H2/t7-/m1/s1. The van der Waals surface area contributed by atoms with Gasteiger partial charge >= 0.3 is 4.87 Å². The normalized spacial score (nSPS) is 23.2. The van der Waals surface area contributed by atoms with Gasteiger partial charge in [0, 0.05) is 24.2 Å². The number of hydrogen-bond donors (Lipinski definition) is 1. The topological polar surface area (TPSA) is 34.0 Å². The number of rotatable bonds is 2. The van der Waals surface area contributed by atoms with Crippen molar-refractivity contribution in [2.24, 2.45) is 0 Å². The summed E-state index contributed by atoms with van der Waals surface area (Å²) in [4.78, 5) is 11.3. The van der Waals surface area contributed by atoms with Crippen LogP contribution in [0.5, 0.6) is 0 Å². The van der Waals surface area contributed by atoms with Crippen LogP contribution in [0.4, 0.5) is 0 Å². The van der Waals surface area contributed by atoms with Crippen molar-refractivity contribution in [3.63, 3.8) is 0 Å². The first kappa shape index (κ1) is 8.01. The fourth-order valence-electron chi connectivity index (χ4n) is 1.58. The monoisotopic (exact) mass is 184 g/mol. The molecule has 1 N–H and O–H groups in total. The molecule has 1 atom stereocenters. The molecule has 1 saturated heterocycles. The molecule has 1 aromatic rings. The van der Waals surface area contributed by atoms with E-state index in [1.807, 2.05) is 11.6 Å². The molecule has 1 fully saturated rings. The van der Waals surface area contributed by atoms with Crippen molar-refractivity contribution in [3.05, 3.63) is 21.2 Å². The van der Waals surface area contributed by atoms with Crippen LogP contribution in [0, 0.1) is 0 Å². The molecule has 0 radical (unpaired) electrons. The molecule has 1 aliphatic heterocycles. The molecule has 2 rings (SSSR count). The lowest BCUT2D eigenvalue weighted by molar-refractivity contribution is 0.505. The first-order chi connectivity index (χ1) is 5.86. The van der Waals surface area contributed by atoms with Crippen molar-refractivity contribution in [3.8, 4) is 0 Å². The largest absolute Gasteiger partial charge is 0.312 e. The molecule has 0 aliphatic carbocycles. The maximum atomic E-state index is 11.2. The summed E-state index contributed by atoms with van der Waals surface area (Å²) >= 11 is 1.27. The Kier molecular flexibility index (Phi) is 2.28. The highest BCUT2D eigenvalue weighted by molar-refractivity contribution is 7.07. The summed E-state index contributed by atoms with van der Waals surface area (Å²) < 4.78 is 1.79. The lowest BCUT2D eigenvalue weighted by Gasteiger charge is -2.09. The van der Waals surface area contributed by atoms with Gasteiger partial charge in [0.2, 0.25) is 0 Å². The summed E-state index contributed by atoms with van der Waals surface area (Å²) in [6.07, 6.45) is 4.30. The van der Waals surface area contributed by atoms with E-state index in [2.05, 4.69) is 5.32 Å². The van der Waals surface area contributed by atoms with Crippen LogP contribution >= 0.6 is 11.3 Å². The summed E-state index contributed by atoms with van der Waals surface area (Å²) in [5.74, 6) is 0. The minimum Gasteiger partial charge on any atom is -0.312 e. The van der Waals surface area contributed by atoms with E-state index in [0.717, 1.165) is 13.1 Å². The van der Waals surface area contributed by atoms with E-state index in [0.29, 0.717) is 6.04 Å². The second kappa shape index (κ2) is 3.41. The zero-order valence-electron chi connectivity index (χ0n) is 6.82. The number of nitrogens with one attached hydrogen (secondary N) is 1. The molecule has 3 nitrogen and oxygen atoms in total. The highest BCUT2D eigenvalue weighted by Crippen LogP contribution is 2.06. The Morgan fingerprint density at radius 1 is 1.75 bits per heavy atom. The molecular weight excluding hydrogens is 172 g/mol.